The van der Waals surface area contributed by atoms with Gasteiger partial charge in [-0.05, 0) is 87.5 Å². The van der Waals surface area contributed by atoms with E-state index >= 15 is 0 Å². The lowest BCUT2D eigenvalue weighted by Crippen LogP contribution is -2.24. The maximum atomic E-state index is 2.44. The van der Waals surface area contributed by atoms with Crippen molar-refractivity contribution in [3.63, 3.8) is 0 Å². The number of hydrogen-bond donors (Lipinski definition) is 0. The topological polar surface area (TPSA) is 0 Å². The van der Waals surface area contributed by atoms with E-state index < -0.39 is 0 Å². The molecule has 0 saturated carbocycles. The minimum absolute atomic E-state index is 0.0284. The van der Waals surface area contributed by atoms with Crippen molar-refractivity contribution < 1.29 is 0 Å². The van der Waals surface area contributed by atoms with Gasteiger partial charge in [-0.3, -0.25) is 0 Å². The molecule has 0 amide bonds. The summed E-state index contributed by atoms with van der Waals surface area (Å²) in [4.78, 5) is 0. The van der Waals surface area contributed by atoms with E-state index in [4.69, 9.17) is 0 Å². The van der Waals surface area contributed by atoms with Crippen molar-refractivity contribution in [2.75, 3.05) is 0 Å². The number of hydrogen-bond acceptors (Lipinski definition) is 0. The van der Waals surface area contributed by atoms with Crippen molar-refractivity contribution in [3.8, 4) is 33.4 Å². The standard InChI is InChI=1S/C33H32/c1-19-16-17-24-26(18-19)33(6,7)31-29(24)27(22-13-9-8-12-20(22)2)21(3)28-23-14-10-11-15-25(23)32(4,5)30(28)31/h8-18H,1-7H3. The molecule has 0 N–H and O–H groups in total. The average Bonchev–Trinajstić information content (AvgIpc) is 3.15. The minimum atomic E-state index is -0.0504. The Kier molecular flexibility index (Phi) is 4.02. The maximum Gasteiger partial charge on any atom is 0.0162 e. The van der Waals surface area contributed by atoms with E-state index in [0.717, 1.165) is 0 Å². The lowest BCUT2D eigenvalue weighted by Gasteiger charge is -2.32. The molecule has 0 heteroatoms. The summed E-state index contributed by atoms with van der Waals surface area (Å²) in [6, 6.07) is 25.1. The molecule has 0 saturated heterocycles. The Balaban J connectivity index is 1.88. The highest BCUT2D eigenvalue weighted by atomic mass is 14.5. The molecule has 2 aliphatic carbocycles. The molecule has 0 atom stereocenters. The molecule has 0 spiro atoms. The second-order valence-electron chi connectivity index (χ2n) is 11.2. The lowest BCUT2D eigenvalue weighted by molar-refractivity contribution is 0.601. The molecule has 0 bridgehead atoms. The normalized spacial score (nSPS) is 16.2. The molecule has 2 aliphatic rings. The third-order valence-electron chi connectivity index (χ3n) is 8.40. The molecule has 0 fully saturated rings. The first kappa shape index (κ1) is 20.5. The van der Waals surface area contributed by atoms with E-state index in [1.807, 2.05) is 0 Å². The van der Waals surface area contributed by atoms with Crippen LogP contribution in [0.5, 0.6) is 0 Å². The van der Waals surface area contributed by atoms with Gasteiger partial charge < -0.3 is 0 Å². The molecule has 4 aromatic carbocycles. The van der Waals surface area contributed by atoms with Crippen LogP contribution < -0.4 is 0 Å². The van der Waals surface area contributed by atoms with Crippen LogP contribution >= 0.6 is 0 Å². The second kappa shape index (κ2) is 6.48. The van der Waals surface area contributed by atoms with Crippen molar-refractivity contribution in [1.82, 2.24) is 0 Å². The molecule has 33 heavy (non-hydrogen) atoms. The molecule has 0 aliphatic heterocycles. The van der Waals surface area contributed by atoms with E-state index in [0.29, 0.717) is 0 Å². The fraction of sp³-hybridized carbons (Fsp3) is 0.273. The van der Waals surface area contributed by atoms with Gasteiger partial charge in [0.1, 0.15) is 0 Å². The number of rotatable bonds is 1. The van der Waals surface area contributed by atoms with Gasteiger partial charge in [-0.2, -0.15) is 0 Å². The predicted molar refractivity (Wildman–Crippen MR) is 141 cm³/mol. The summed E-state index contributed by atoms with van der Waals surface area (Å²) in [5, 5.41) is 0. The van der Waals surface area contributed by atoms with Gasteiger partial charge in [-0.1, -0.05) is 100.0 Å². The molecule has 164 valence electrons. The second-order valence-corrected chi connectivity index (χ2v) is 11.2. The van der Waals surface area contributed by atoms with Gasteiger partial charge in [0, 0.05) is 10.8 Å². The van der Waals surface area contributed by atoms with Crippen LogP contribution in [-0.2, 0) is 10.8 Å². The van der Waals surface area contributed by atoms with Crippen LogP contribution in [-0.4, -0.2) is 0 Å². The van der Waals surface area contributed by atoms with Gasteiger partial charge in [-0.25, -0.2) is 0 Å². The summed E-state index contributed by atoms with van der Waals surface area (Å²) < 4.78 is 0. The molecule has 0 unspecified atom stereocenters. The van der Waals surface area contributed by atoms with Crippen LogP contribution in [0.2, 0.25) is 0 Å². The van der Waals surface area contributed by atoms with Gasteiger partial charge >= 0.3 is 0 Å². The Morgan fingerprint density at radius 3 is 1.82 bits per heavy atom. The van der Waals surface area contributed by atoms with Crippen molar-refractivity contribution in [3.05, 3.63) is 106 Å². The fourth-order valence-electron chi connectivity index (χ4n) is 6.83. The van der Waals surface area contributed by atoms with Crippen LogP contribution in [0.4, 0.5) is 0 Å². The van der Waals surface area contributed by atoms with E-state index in [-0.39, 0.29) is 10.8 Å². The lowest BCUT2D eigenvalue weighted by atomic mass is 9.70. The maximum absolute atomic E-state index is 2.44. The van der Waals surface area contributed by atoms with Crippen molar-refractivity contribution in [2.24, 2.45) is 0 Å². The van der Waals surface area contributed by atoms with Crippen LogP contribution in [0.1, 0.15) is 66.6 Å². The first-order valence-corrected chi connectivity index (χ1v) is 12.1. The summed E-state index contributed by atoms with van der Waals surface area (Å²) in [6.45, 7) is 16.6. The Hall–Kier alpha value is -3.12. The van der Waals surface area contributed by atoms with Gasteiger partial charge in [0.05, 0.1) is 0 Å². The van der Waals surface area contributed by atoms with E-state index in [2.05, 4.69) is 115 Å². The smallest absolute Gasteiger partial charge is 0.0162 e. The summed E-state index contributed by atoms with van der Waals surface area (Å²) in [7, 11) is 0. The number of benzene rings is 4. The molecule has 4 aromatic rings. The van der Waals surface area contributed by atoms with Crippen molar-refractivity contribution in [1.29, 1.82) is 0 Å². The third kappa shape index (κ3) is 2.47. The van der Waals surface area contributed by atoms with Crippen LogP contribution in [0.15, 0.2) is 66.7 Å². The van der Waals surface area contributed by atoms with Gasteiger partial charge in [0.25, 0.3) is 0 Å². The summed E-state index contributed by atoms with van der Waals surface area (Å²) >= 11 is 0. The molecule has 0 heterocycles. The predicted octanol–water partition coefficient (Wildman–Crippen LogP) is 8.89. The Labute approximate surface area is 198 Å². The summed E-state index contributed by atoms with van der Waals surface area (Å²) in [6.07, 6.45) is 0. The number of fused-ring (bicyclic) bond motifs is 7. The average molecular weight is 429 g/mol. The SMILES string of the molecule is Cc1ccc2c(c1)C(C)(C)c1c-2c(-c2ccccc2C)c(C)c2c1C(C)(C)c1ccccc1-2. The Morgan fingerprint density at radius 1 is 0.515 bits per heavy atom. The highest BCUT2D eigenvalue weighted by Crippen LogP contribution is 2.62. The fourth-order valence-corrected chi connectivity index (χ4v) is 6.83. The molecule has 6 rings (SSSR count). The zero-order chi connectivity index (χ0) is 23.3. The van der Waals surface area contributed by atoms with E-state index in [1.54, 1.807) is 0 Å². The van der Waals surface area contributed by atoms with E-state index in [1.165, 1.54) is 72.3 Å². The van der Waals surface area contributed by atoms with Gasteiger partial charge in [0.15, 0.2) is 0 Å². The third-order valence-corrected chi connectivity index (χ3v) is 8.40. The van der Waals surface area contributed by atoms with Gasteiger partial charge in [-0.15, -0.1) is 0 Å². The van der Waals surface area contributed by atoms with Gasteiger partial charge in [0.2, 0.25) is 0 Å². The summed E-state index contributed by atoms with van der Waals surface area (Å²) in [5.41, 5.74) is 18.5. The summed E-state index contributed by atoms with van der Waals surface area (Å²) in [5.74, 6) is 0. The Bertz CT molecular complexity index is 1480. The monoisotopic (exact) mass is 428 g/mol. The zero-order valence-corrected chi connectivity index (χ0v) is 20.9. The van der Waals surface area contributed by atoms with Crippen molar-refractivity contribution in [2.45, 2.75) is 59.3 Å². The minimum Gasteiger partial charge on any atom is -0.0620 e. The first-order valence-electron chi connectivity index (χ1n) is 12.1. The van der Waals surface area contributed by atoms with Crippen LogP contribution in [0.25, 0.3) is 33.4 Å². The molecule has 0 nitrogen and oxygen atoms in total. The van der Waals surface area contributed by atoms with Crippen LogP contribution in [0.3, 0.4) is 0 Å². The zero-order valence-electron chi connectivity index (χ0n) is 20.9. The molecular weight excluding hydrogens is 396 g/mol. The molecular formula is C33H32. The Morgan fingerprint density at radius 2 is 1.09 bits per heavy atom. The highest BCUT2D eigenvalue weighted by Gasteiger charge is 2.47. The largest absolute Gasteiger partial charge is 0.0620 e. The highest BCUT2D eigenvalue weighted by molar-refractivity contribution is 6.02. The quantitative estimate of drug-likeness (QED) is 0.284. The van der Waals surface area contributed by atoms with Crippen molar-refractivity contribution >= 4 is 0 Å². The molecule has 0 radical (unpaired) electrons. The van der Waals surface area contributed by atoms with E-state index in [9.17, 15) is 0 Å². The first-order chi connectivity index (χ1) is 15.7. The number of aryl methyl sites for hydroxylation is 2. The molecule has 0 aromatic heterocycles. The van der Waals surface area contributed by atoms with Crippen LogP contribution in [0, 0.1) is 20.8 Å².